The van der Waals surface area contributed by atoms with Crippen LogP contribution in [0.5, 0.6) is 5.75 Å². The van der Waals surface area contributed by atoms with Crippen LogP contribution in [-0.2, 0) is 15.9 Å². The SMILES string of the molecule is Oc1ccccc1Cc1nc(C2COCCO2)no1. The zero-order valence-electron chi connectivity index (χ0n) is 10.3. The van der Waals surface area contributed by atoms with E-state index in [1.807, 2.05) is 12.1 Å². The predicted octanol–water partition coefficient (Wildman–Crippen LogP) is 1.45. The molecule has 19 heavy (non-hydrogen) atoms. The summed E-state index contributed by atoms with van der Waals surface area (Å²) in [6, 6.07) is 7.07. The van der Waals surface area contributed by atoms with Crippen molar-refractivity contribution in [2.45, 2.75) is 12.5 Å². The Bertz CT molecular complexity index is 549. The molecule has 1 atom stereocenters. The molecule has 100 valence electrons. The van der Waals surface area contributed by atoms with Gasteiger partial charge in [-0.05, 0) is 6.07 Å². The van der Waals surface area contributed by atoms with Crippen molar-refractivity contribution in [2.24, 2.45) is 0 Å². The molecule has 0 bridgehead atoms. The van der Waals surface area contributed by atoms with Gasteiger partial charge in [0, 0.05) is 5.56 Å². The van der Waals surface area contributed by atoms with E-state index in [0.717, 1.165) is 5.56 Å². The summed E-state index contributed by atoms with van der Waals surface area (Å²) in [5.41, 5.74) is 0.749. The highest BCUT2D eigenvalue weighted by atomic mass is 16.6. The molecule has 6 heteroatoms. The van der Waals surface area contributed by atoms with Crippen molar-refractivity contribution in [1.29, 1.82) is 0 Å². The molecule has 2 aromatic rings. The third-order valence-electron chi connectivity index (χ3n) is 2.92. The first-order chi connectivity index (χ1) is 9.33. The normalized spacial score (nSPS) is 19.5. The quantitative estimate of drug-likeness (QED) is 0.902. The Labute approximate surface area is 110 Å². The molecule has 0 amide bonds. The smallest absolute Gasteiger partial charge is 0.231 e. The monoisotopic (exact) mass is 262 g/mol. The molecule has 6 nitrogen and oxygen atoms in total. The summed E-state index contributed by atoms with van der Waals surface area (Å²) < 4.78 is 16.0. The number of aromatic hydroxyl groups is 1. The summed E-state index contributed by atoms with van der Waals surface area (Å²) in [6.45, 7) is 1.57. The topological polar surface area (TPSA) is 77.6 Å². The van der Waals surface area contributed by atoms with E-state index in [1.54, 1.807) is 12.1 Å². The second-order valence-electron chi connectivity index (χ2n) is 4.29. The molecule has 0 radical (unpaired) electrons. The van der Waals surface area contributed by atoms with Gasteiger partial charge in [-0.3, -0.25) is 0 Å². The fraction of sp³-hybridized carbons (Fsp3) is 0.385. The highest BCUT2D eigenvalue weighted by Crippen LogP contribution is 2.21. The molecule has 1 aromatic carbocycles. The highest BCUT2D eigenvalue weighted by molar-refractivity contribution is 5.33. The van der Waals surface area contributed by atoms with Crippen LogP contribution in [0.4, 0.5) is 0 Å². The van der Waals surface area contributed by atoms with Gasteiger partial charge in [-0.25, -0.2) is 0 Å². The minimum absolute atomic E-state index is 0.222. The molecular formula is C13H14N2O4. The third kappa shape index (κ3) is 2.74. The Morgan fingerprint density at radius 1 is 1.26 bits per heavy atom. The van der Waals surface area contributed by atoms with Crippen LogP contribution in [0.25, 0.3) is 0 Å². The summed E-state index contributed by atoms with van der Waals surface area (Å²) in [5, 5.41) is 13.6. The molecule has 2 heterocycles. The second-order valence-corrected chi connectivity index (χ2v) is 4.29. The van der Waals surface area contributed by atoms with Crippen LogP contribution in [0.2, 0.25) is 0 Å². The lowest BCUT2D eigenvalue weighted by Crippen LogP contribution is -2.22. The summed E-state index contributed by atoms with van der Waals surface area (Å²) in [6.07, 6.45) is 0.128. The number of nitrogens with zero attached hydrogens (tertiary/aromatic N) is 2. The van der Waals surface area contributed by atoms with E-state index in [-0.39, 0.29) is 11.9 Å². The molecule has 1 saturated heterocycles. The zero-order valence-corrected chi connectivity index (χ0v) is 10.3. The number of rotatable bonds is 3. The van der Waals surface area contributed by atoms with Crippen molar-refractivity contribution in [3.63, 3.8) is 0 Å². The van der Waals surface area contributed by atoms with Crippen molar-refractivity contribution in [3.05, 3.63) is 41.5 Å². The van der Waals surface area contributed by atoms with E-state index in [2.05, 4.69) is 10.1 Å². The van der Waals surface area contributed by atoms with Crippen molar-refractivity contribution in [1.82, 2.24) is 10.1 Å². The first kappa shape index (κ1) is 12.1. The van der Waals surface area contributed by atoms with E-state index < -0.39 is 0 Å². The largest absolute Gasteiger partial charge is 0.508 e. The Hall–Kier alpha value is -1.92. The molecule has 1 aromatic heterocycles. The van der Waals surface area contributed by atoms with Crippen LogP contribution in [0.1, 0.15) is 23.4 Å². The lowest BCUT2D eigenvalue weighted by Gasteiger charge is -2.19. The van der Waals surface area contributed by atoms with Gasteiger partial charge < -0.3 is 19.1 Å². The molecule has 3 rings (SSSR count). The first-order valence-corrected chi connectivity index (χ1v) is 6.11. The van der Waals surface area contributed by atoms with Crippen LogP contribution in [0, 0.1) is 0 Å². The van der Waals surface area contributed by atoms with Crippen LogP contribution in [0.15, 0.2) is 28.8 Å². The molecule has 1 aliphatic rings. The van der Waals surface area contributed by atoms with E-state index in [1.165, 1.54) is 0 Å². The summed E-state index contributed by atoms with van der Waals surface area (Å²) in [7, 11) is 0. The van der Waals surface area contributed by atoms with E-state index in [9.17, 15) is 5.11 Å². The average molecular weight is 262 g/mol. The Morgan fingerprint density at radius 3 is 2.95 bits per heavy atom. The standard InChI is InChI=1S/C13H14N2O4/c16-10-4-2-1-3-9(10)7-12-14-13(15-19-12)11-8-17-5-6-18-11/h1-4,11,16H,5-8H2. The number of aromatic nitrogens is 2. The number of phenols is 1. The van der Waals surface area contributed by atoms with Gasteiger partial charge in [0.2, 0.25) is 11.7 Å². The van der Waals surface area contributed by atoms with Gasteiger partial charge in [-0.1, -0.05) is 23.4 Å². The van der Waals surface area contributed by atoms with E-state index in [4.69, 9.17) is 14.0 Å². The fourth-order valence-corrected chi connectivity index (χ4v) is 1.93. The molecular weight excluding hydrogens is 248 g/mol. The Morgan fingerprint density at radius 2 is 2.16 bits per heavy atom. The molecule has 0 saturated carbocycles. The van der Waals surface area contributed by atoms with Gasteiger partial charge >= 0.3 is 0 Å². The Balaban J connectivity index is 1.73. The van der Waals surface area contributed by atoms with Gasteiger partial charge in [0.25, 0.3) is 0 Å². The number of para-hydroxylation sites is 1. The van der Waals surface area contributed by atoms with Crippen LogP contribution in [0.3, 0.4) is 0 Å². The minimum Gasteiger partial charge on any atom is -0.508 e. The highest BCUT2D eigenvalue weighted by Gasteiger charge is 2.22. The zero-order chi connectivity index (χ0) is 13.1. The Kier molecular flexibility index (Phi) is 3.43. The maximum absolute atomic E-state index is 9.69. The number of benzene rings is 1. The lowest BCUT2D eigenvalue weighted by molar-refractivity contribution is -0.0941. The number of phenolic OH excluding ortho intramolecular Hbond substituents is 1. The molecule has 1 N–H and O–H groups in total. The number of ether oxygens (including phenoxy) is 2. The molecule has 1 aliphatic heterocycles. The summed E-state index contributed by atoms with van der Waals surface area (Å²) >= 11 is 0. The fourth-order valence-electron chi connectivity index (χ4n) is 1.93. The summed E-state index contributed by atoms with van der Waals surface area (Å²) in [4.78, 5) is 4.28. The molecule has 1 unspecified atom stereocenters. The predicted molar refractivity (Wildman–Crippen MR) is 64.7 cm³/mol. The van der Waals surface area contributed by atoms with Crippen molar-refractivity contribution in [3.8, 4) is 5.75 Å². The maximum atomic E-state index is 9.69. The summed E-state index contributed by atoms with van der Waals surface area (Å²) in [5.74, 6) is 1.16. The third-order valence-corrected chi connectivity index (χ3v) is 2.92. The van der Waals surface area contributed by atoms with Gasteiger partial charge in [0.1, 0.15) is 11.9 Å². The average Bonchev–Trinajstić information content (AvgIpc) is 2.91. The minimum atomic E-state index is -0.268. The van der Waals surface area contributed by atoms with Crippen molar-refractivity contribution < 1.29 is 19.1 Å². The second kappa shape index (κ2) is 5.38. The molecule has 1 fully saturated rings. The van der Waals surface area contributed by atoms with Crippen molar-refractivity contribution in [2.75, 3.05) is 19.8 Å². The van der Waals surface area contributed by atoms with Gasteiger partial charge in [0.05, 0.1) is 26.2 Å². The van der Waals surface area contributed by atoms with Gasteiger partial charge in [-0.15, -0.1) is 0 Å². The van der Waals surface area contributed by atoms with Crippen molar-refractivity contribution >= 4 is 0 Å². The maximum Gasteiger partial charge on any atom is 0.231 e. The molecule has 0 aliphatic carbocycles. The van der Waals surface area contributed by atoms with E-state index >= 15 is 0 Å². The van der Waals surface area contributed by atoms with Gasteiger partial charge in [-0.2, -0.15) is 4.98 Å². The number of hydrogen-bond donors (Lipinski definition) is 1. The van der Waals surface area contributed by atoms with Crippen LogP contribution in [-0.4, -0.2) is 35.1 Å². The van der Waals surface area contributed by atoms with Crippen LogP contribution < -0.4 is 0 Å². The molecule has 0 spiro atoms. The van der Waals surface area contributed by atoms with Crippen LogP contribution >= 0.6 is 0 Å². The number of hydrogen-bond acceptors (Lipinski definition) is 6. The first-order valence-electron chi connectivity index (χ1n) is 6.11. The van der Waals surface area contributed by atoms with E-state index in [0.29, 0.717) is 38.0 Å². The lowest BCUT2D eigenvalue weighted by atomic mass is 10.1. The van der Waals surface area contributed by atoms with Gasteiger partial charge in [0.15, 0.2) is 0 Å².